The van der Waals surface area contributed by atoms with Gasteiger partial charge >= 0.3 is 0 Å². The number of sulfonamides is 1. The molecule has 0 unspecified atom stereocenters. The highest BCUT2D eigenvalue weighted by Crippen LogP contribution is 2.30. The van der Waals surface area contributed by atoms with Crippen LogP contribution in [-0.4, -0.2) is 32.7 Å². The van der Waals surface area contributed by atoms with Crippen molar-refractivity contribution in [2.75, 3.05) is 13.1 Å². The van der Waals surface area contributed by atoms with Crippen molar-refractivity contribution in [2.24, 2.45) is 0 Å². The van der Waals surface area contributed by atoms with Gasteiger partial charge in [-0.25, -0.2) is 13.1 Å². The van der Waals surface area contributed by atoms with E-state index in [-0.39, 0.29) is 11.5 Å². The third kappa shape index (κ3) is 6.60. The molecule has 2 aromatic rings. The summed E-state index contributed by atoms with van der Waals surface area (Å²) >= 11 is 0. The van der Waals surface area contributed by atoms with Crippen molar-refractivity contribution < 1.29 is 22.0 Å². The zero-order valence-electron chi connectivity index (χ0n) is 17.4. The summed E-state index contributed by atoms with van der Waals surface area (Å²) in [5.41, 5.74) is 2.48. The fourth-order valence-electron chi connectivity index (χ4n) is 2.70. The number of hydrogen-bond donors (Lipinski definition) is 2. The second-order valence-corrected chi connectivity index (χ2v) is 9.67. The molecule has 0 heterocycles. The standard InChI is InChI=1S/C22H28F2N2O3S/c1-4-21(27)25-14-13-17-5-7-18(8-6-17)19-9-11-20(12-10-19)22(23,24)15-26-30(28,29)16(2)3/h5-12,16,26H,4,13-15H2,1-3H3,(H,25,27). The normalized spacial score (nSPS) is 12.2. The highest BCUT2D eigenvalue weighted by atomic mass is 32.2. The average Bonchev–Trinajstić information content (AvgIpc) is 2.73. The lowest BCUT2D eigenvalue weighted by Crippen LogP contribution is -2.38. The molecule has 30 heavy (non-hydrogen) atoms. The number of amides is 1. The molecular formula is C22H28F2N2O3S. The Bertz CT molecular complexity index is 941. The number of carbonyl (C=O) groups is 1. The summed E-state index contributed by atoms with van der Waals surface area (Å²) in [6, 6.07) is 13.5. The van der Waals surface area contributed by atoms with Crippen molar-refractivity contribution in [1.29, 1.82) is 0 Å². The van der Waals surface area contributed by atoms with E-state index in [9.17, 15) is 22.0 Å². The highest BCUT2D eigenvalue weighted by Gasteiger charge is 2.33. The second kappa shape index (κ2) is 10.1. The fourth-order valence-corrected chi connectivity index (χ4v) is 3.42. The summed E-state index contributed by atoms with van der Waals surface area (Å²) in [6.45, 7) is 4.26. The second-order valence-electron chi connectivity index (χ2n) is 7.35. The van der Waals surface area contributed by atoms with Gasteiger partial charge in [0.05, 0.1) is 11.8 Å². The summed E-state index contributed by atoms with van der Waals surface area (Å²) in [7, 11) is -3.76. The summed E-state index contributed by atoms with van der Waals surface area (Å²) in [4.78, 5) is 11.3. The number of alkyl halides is 2. The van der Waals surface area contributed by atoms with Crippen molar-refractivity contribution >= 4 is 15.9 Å². The predicted octanol–water partition coefficient (Wildman–Crippen LogP) is 3.84. The Morgan fingerprint density at radius 1 is 1.00 bits per heavy atom. The van der Waals surface area contributed by atoms with E-state index < -0.39 is 27.7 Å². The molecule has 0 aliphatic heterocycles. The predicted molar refractivity (Wildman–Crippen MR) is 115 cm³/mol. The Morgan fingerprint density at radius 2 is 1.53 bits per heavy atom. The molecule has 0 spiro atoms. The summed E-state index contributed by atoms with van der Waals surface area (Å²) in [5.74, 6) is -3.30. The van der Waals surface area contributed by atoms with Crippen LogP contribution in [0.3, 0.4) is 0 Å². The fraction of sp³-hybridized carbons (Fsp3) is 0.409. The van der Waals surface area contributed by atoms with Crippen LogP contribution >= 0.6 is 0 Å². The summed E-state index contributed by atoms with van der Waals surface area (Å²) in [6.07, 6.45) is 1.17. The van der Waals surface area contributed by atoms with Crippen LogP contribution in [-0.2, 0) is 27.2 Å². The van der Waals surface area contributed by atoms with Crippen molar-refractivity contribution in [3.8, 4) is 11.1 Å². The van der Waals surface area contributed by atoms with Gasteiger partial charge in [-0.15, -0.1) is 0 Å². The van der Waals surface area contributed by atoms with E-state index in [0.29, 0.717) is 19.4 Å². The first-order valence-electron chi connectivity index (χ1n) is 9.88. The number of rotatable bonds is 10. The minimum atomic E-state index is -3.76. The zero-order chi connectivity index (χ0) is 22.4. The molecule has 0 saturated heterocycles. The van der Waals surface area contributed by atoms with Gasteiger partial charge in [0.2, 0.25) is 15.9 Å². The van der Waals surface area contributed by atoms with Gasteiger partial charge in [-0.3, -0.25) is 4.79 Å². The van der Waals surface area contributed by atoms with E-state index in [1.54, 1.807) is 19.1 Å². The molecule has 2 rings (SSSR count). The molecule has 2 N–H and O–H groups in total. The first-order valence-corrected chi connectivity index (χ1v) is 11.4. The van der Waals surface area contributed by atoms with Gasteiger partial charge in [0.1, 0.15) is 0 Å². The van der Waals surface area contributed by atoms with E-state index >= 15 is 0 Å². The van der Waals surface area contributed by atoms with Gasteiger partial charge < -0.3 is 5.32 Å². The van der Waals surface area contributed by atoms with Gasteiger partial charge in [0, 0.05) is 18.5 Å². The third-order valence-electron chi connectivity index (χ3n) is 4.77. The quantitative estimate of drug-likeness (QED) is 0.592. The maximum absolute atomic E-state index is 14.4. The Kier molecular flexibility index (Phi) is 8.09. The van der Waals surface area contributed by atoms with Gasteiger partial charge in [-0.2, -0.15) is 8.78 Å². The maximum atomic E-state index is 14.4. The molecule has 8 heteroatoms. The summed E-state index contributed by atoms with van der Waals surface area (Å²) in [5, 5.41) is 2.04. The minimum Gasteiger partial charge on any atom is -0.356 e. The number of carbonyl (C=O) groups excluding carboxylic acids is 1. The van der Waals surface area contributed by atoms with Gasteiger partial charge in [0.15, 0.2) is 0 Å². The van der Waals surface area contributed by atoms with Crippen LogP contribution in [0.25, 0.3) is 11.1 Å². The Balaban J connectivity index is 2.01. The summed E-state index contributed by atoms with van der Waals surface area (Å²) < 4.78 is 54.2. The van der Waals surface area contributed by atoms with Gasteiger partial charge in [0.25, 0.3) is 5.92 Å². The number of hydrogen-bond acceptors (Lipinski definition) is 3. The third-order valence-corrected chi connectivity index (χ3v) is 6.56. The van der Waals surface area contributed by atoms with E-state index in [0.717, 1.165) is 16.7 Å². The minimum absolute atomic E-state index is 0.0144. The smallest absolute Gasteiger partial charge is 0.286 e. The Hall–Kier alpha value is -2.32. The Morgan fingerprint density at radius 3 is 2.03 bits per heavy atom. The van der Waals surface area contributed by atoms with E-state index in [4.69, 9.17) is 0 Å². The molecule has 0 saturated carbocycles. The molecule has 0 fully saturated rings. The zero-order valence-corrected chi connectivity index (χ0v) is 18.2. The lowest BCUT2D eigenvalue weighted by atomic mass is 10.00. The van der Waals surface area contributed by atoms with Gasteiger partial charge in [-0.05, 0) is 37.0 Å². The van der Waals surface area contributed by atoms with Crippen LogP contribution < -0.4 is 10.0 Å². The number of benzene rings is 2. The molecule has 0 atom stereocenters. The van der Waals surface area contributed by atoms with Crippen LogP contribution in [0.15, 0.2) is 48.5 Å². The molecular weight excluding hydrogens is 410 g/mol. The number of halogens is 2. The molecule has 0 bridgehead atoms. The van der Waals surface area contributed by atoms with E-state index in [1.165, 1.54) is 26.0 Å². The lowest BCUT2D eigenvalue weighted by Gasteiger charge is -2.19. The van der Waals surface area contributed by atoms with Crippen LogP contribution in [0.1, 0.15) is 38.3 Å². The molecule has 0 radical (unpaired) electrons. The largest absolute Gasteiger partial charge is 0.356 e. The van der Waals surface area contributed by atoms with E-state index in [2.05, 4.69) is 5.32 Å². The molecule has 1 amide bonds. The SMILES string of the molecule is CCC(=O)NCCc1ccc(-c2ccc(C(F)(F)CNS(=O)(=O)C(C)C)cc2)cc1. The van der Waals surface area contributed by atoms with Crippen LogP contribution in [0.5, 0.6) is 0 Å². The van der Waals surface area contributed by atoms with Crippen molar-refractivity contribution in [1.82, 2.24) is 10.0 Å². The van der Waals surface area contributed by atoms with Gasteiger partial charge in [-0.1, -0.05) is 55.5 Å². The molecule has 164 valence electrons. The highest BCUT2D eigenvalue weighted by molar-refractivity contribution is 7.90. The van der Waals surface area contributed by atoms with Crippen LogP contribution in [0.2, 0.25) is 0 Å². The average molecular weight is 439 g/mol. The lowest BCUT2D eigenvalue weighted by molar-refractivity contribution is -0.120. The van der Waals surface area contributed by atoms with Crippen LogP contribution in [0, 0.1) is 0 Å². The maximum Gasteiger partial charge on any atom is 0.286 e. The van der Waals surface area contributed by atoms with E-state index in [1.807, 2.05) is 29.0 Å². The monoisotopic (exact) mass is 438 g/mol. The first kappa shape index (κ1) is 24.0. The van der Waals surface area contributed by atoms with Crippen molar-refractivity contribution in [2.45, 2.75) is 44.8 Å². The number of nitrogens with one attached hydrogen (secondary N) is 2. The Labute approximate surface area is 176 Å². The van der Waals surface area contributed by atoms with Crippen molar-refractivity contribution in [3.05, 3.63) is 59.7 Å². The van der Waals surface area contributed by atoms with Crippen LogP contribution in [0.4, 0.5) is 8.78 Å². The van der Waals surface area contributed by atoms with Crippen molar-refractivity contribution in [3.63, 3.8) is 0 Å². The first-order chi connectivity index (χ1) is 14.0. The molecule has 0 aromatic heterocycles. The molecule has 2 aromatic carbocycles. The molecule has 0 aliphatic rings. The molecule has 5 nitrogen and oxygen atoms in total. The topological polar surface area (TPSA) is 75.3 Å². The molecule has 0 aliphatic carbocycles.